The van der Waals surface area contributed by atoms with Crippen molar-refractivity contribution in [3.63, 3.8) is 0 Å². The Balaban J connectivity index is 2.07. The molecule has 4 N–H and O–H groups in total. The van der Waals surface area contributed by atoms with Crippen LogP contribution >= 0.6 is 0 Å². The summed E-state index contributed by atoms with van der Waals surface area (Å²) in [7, 11) is 0. The van der Waals surface area contributed by atoms with Crippen LogP contribution in [0.1, 0.15) is 51.1 Å². The molecule has 1 aromatic carbocycles. The highest BCUT2D eigenvalue weighted by atomic mass is 16.7. The number of carbonyl (C=O) groups is 2. The highest BCUT2D eigenvalue weighted by Crippen LogP contribution is 2.38. The zero-order valence-corrected chi connectivity index (χ0v) is 18.2. The molecule has 0 aromatic heterocycles. The first-order chi connectivity index (χ1) is 15.0. The number of aliphatic imine (C=N–C) groups is 1. The molecule has 1 saturated heterocycles. The summed E-state index contributed by atoms with van der Waals surface area (Å²) in [6.07, 6.45) is 0.893. The van der Waals surface area contributed by atoms with Crippen LogP contribution in [0.2, 0.25) is 0 Å². The Labute approximate surface area is 183 Å². The number of guanidine groups is 1. The van der Waals surface area contributed by atoms with Crippen molar-refractivity contribution in [3.05, 3.63) is 35.9 Å². The van der Waals surface area contributed by atoms with E-state index in [0.29, 0.717) is 25.9 Å². The van der Waals surface area contributed by atoms with E-state index in [4.69, 9.17) is 30.4 Å². The average molecular weight is 436 g/mol. The summed E-state index contributed by atoms with van der Waals surface area (Å²) in [5.74, 6) is -1.35. The number of esters is 2. The summed E-state index contributed by atoms with van der Waals surface area (Å²) in [6.45, 7) is 4.28. The van der Waals surface area contributed by atoms with Crippen LogP contribution in [0.4, 0.5) is 0 Å². The number of carbonyl (C=O) groups excluding carboxylic acids is 2. The van der Waals surface area contributed by atoms with Crippen LogP contribution < -0.4 is 11.5 Å². The molecule has 2 atom stereocenters. The average Bonchev–Trinajstić information content (AvgIpc) is 2.76. The van der Waals surface area contributed by atoms with Gasteiger partial charge in [0.1, 0.15) is 0 Å². The second kappa shape index (κ2) is 12.3. The molecular weight excluding hydrogens is 402 g/mol. The lowest BCUT2D eigenvalue weighted by Gasteiger charge is -2.38. The lowest BCUT2D eigenvalue weighted by atomic mass is 9.80. The fraction of sp³-hybridized carbons (Fsp3) is 0.591. The molecule has 0 bridgehead atoms. The fourth-order valence-electron chi connectivity index (χ4n) is 3.62. The van der Waals surface area contributed by atoms with Crippen LogP contribution in [0.25, 0.3) is 0 Å². The number of rotatable bonds is 11. The summed E-state index contributed by atoms with van der Waals surface area (Å²) in [4.78, 5) is 29.8. The van der Waals surface area contributed by atoms with Gasteiger partial charge in [0.05, 0.1) is 19.3 Å². The van der Waals surface area contributed by atoms with Gasteiger partial charge in [-0.25, -0.2) is 4.99 Å². The van der Waals surface area contributed by atoms with E-state index in [0.717, 1.165) is 5.56 Å². The predicted molar refractivity (Wildman–Crippen MR) is 115 cm³/mol. The zero-order valence-electron chi connectivity index (χ0n) is 18.2. The molecule has 172 valence electrons. The molecule has 1 fully saturated rings. The van der Waals surface area contributed by atoms with E-state index >= 15 is 0 Å². The minimum atomic E-state index is -1.62. The number of nitrogens with two attached hydrogens (primary N) is 2. The van der Waals surface area contributed by atoms with Crippen molar-refractivity contribution < 1.29 is 28.5 Å². The number of nitrogens with zero attached hydrogens (tertiary/aromatic N) is 1. The molecule has 0 saturated carbocycles. The Morgan fingerprint density at radius 1 is 1.16 bits per heavy atom. The van der Waals surface area contributed by atoms with Crippen molar-refractivity contribution >= 4 is 17.9 Å². The van der Waals surface area contributed by atoms with E-state index in [9.17, 15) is 9.59 Å². The second-order valence-electron chi connectivity index (χ2n) is 7.21. The molecule has 2 unspecified atom stereocenters. The third-order valence-electron chi connectivity index (χ3n) is 5.05. The van der Waals surface area contributed by atoms with E-state index in [1.165, 1.54) is 0 Å². The van der Waals surface area contributed by atoms with Crippen LogP contribution in [0, 0.1) is 5.41 Å². The first kappa shape index (κ1) is 24.6. The van der Waals surface area contributed by atoms with Gasteiger partial charge in [0.2, 0.25) is 5.41 Å². The number of ether oxygens (including phenoxy) is 4. The molecule has 9 heteroatoms. The largest absolute Gasteiger partial charge is 0.465 e. The molecule has 0 aliphatic carbocycles. The molecule has 0 amide bonds. The molecule has 0 spiro atoms. The maximum Gasteiger partial charge on any atom is 0.328 e. The van der Waals surface area contributed by atoms with Crippen LogP contribution in [0.15, 0.2) is 35.3 Å². The Hall–Kier alpha value is -2.65. The van der Waals surface area contributed by atoms with E-state index in [2.05, 4.69) is 4.99 Å². The number of hydrogen-bond donors (Lipinski definition) is 2. The number of benzene rings is 1. The van der Waals surface area contributed by atoms with Crippen LogP contribution in [-0.4, -0.2) is 50.6 Å². The monoisotopic (exact) mass is 435 g/mol. The molecule has 31 heavy (non-hydrogen) atoms. The molecule has 0 radical (unpaired) electrons. The van der Waals surface area contributed by atoms with Gasteiger partial charge in [-0.2, -0.15) is 0 Å². The van der Waals surface area contributed by atoms with Gasteiger partial charge in [-0.15, -0.1) is 0 Å². The Kier molecular flexibility index (Phi) is 9.74. The molecule has 2 rings (SSSR count). The van der Waals surface area contributed by atoms with Crippen molar-refractivity contribution in [3.8, 4) is 0 Å². The second-order valence-corrected chi connectivity index (χ2v) is 7.21. The summed E-state index contributed by atoms with van der Waals surface area (Å²) < 4.78 is 22.0. The van der Waals surface area contributed by atoms with Crippen molar-refractivity contribution in [2.24, 2.45) is 21.9 Å². The first-order valence-electron chi connectivity index (χ1n) is 10.7. The van der Waals surface area contributed by atoms with Gasteiger partial charge in [0.15, 0.2) is 12.2 Å². The van der Waals surface area contributed by atoms with Crippen molar-refractivity contribution in [2.75, 3.05) is 26.4 Å². The van der Waals surface area contributed by atoms with Gasteiger partial charge in [-0.1, -0.05) is 30.3 Å². The van der Waals surface area contributed by atoms with E-state index in [1.54, 1.807) is 13.8 Å². The first-order valence-corrected chi connectivity index (χ1v) is 10.7. The molecule has 9 nitrogen and oxygen atoms in total. The summed E-state index contributed by atoms with van der Waals surface area (Å²) in [5.41, 5.74) is 10.5. The maximum atomic E-state index is 12.8. The fourth-order valence-corrected chi connectivity index (χ4v) is 3.62. The van der Waals surface area contributed by atoms with Crippen LogP contribution in [0.3, 0.4) is 0 Å². The predicted octanol–water partition coefficient (Wildman–Crippen LogP) is 2.05. The van der Waals surface area contributed by atoms with E-state index in [-0.39, 0.29) is 38.2 Å². The molecule has 1 aromatic rings. The van der Waals surface area contributed by atoms with Crippen LogP contribution in [-0.2, 0) is 28.5 Å². The zero-order chi connectivity index (χ0) is 22.7. The molecule has 1 heterocycles. The number of hydrogen-bond acceptors (Lipinski definition) is 7. The van der Waals surface area contributed by atoms with Crippen molar-refractivity contribution in [1.29, 1.82) is 0 Å². The quantitative estimate of drug-likeness (QED) is 0.177. The molecule has 1 aliphatic heterocycles. The molecule has 1 aliphatic rings. The summed E-state index contributed by atoms with van der Waals surface area (Å²) in [6, 6.07) is 9.45. The molecular formula is C22H33N3O6. The van der Waals surface area contributed by atoms with E-state index in [1.807, 2.05) is 30.3 Å². The lowest BCUT2D eigenvalue weighted by Crippen LogP contribution is -2.55. The lowest BCUT2D eigenvalue weighted by molar-refractivity contribution is -0.244. The van der Waals surface area contributed by atoms with E-state index < -0.39 is 23.6 Å². The Morgan fingerprint density at radius 2 is 1.81 bits per heavy atom. The third-order valence-corrected chi connectivity index (χ3v) is 5.05. The van der Waals surface area contributed by atoms with Crippen LogP contribution in [0.5, 0.6) is 0 Å². The Morgan fingerprint density at radius 3 is 2.39 bits per heavy atom. The highest BCUT2D eigenvalue weighted by Gasteiger charge is 2.58. The minimum Gasteiger partial charge on any atom is -0.465 e. The Bertz CT molecular complexity index is 718. The van der Waals surface area contributed by atoms with Gasteiger partial charge < -0.3 is 30.4 Å². The minimum absolute atomic E-state index is 0.00836. The maximum absolute atomic E-state index is 12.8. The SMILES string of the molecule is CCOC(=O)C1(C(=O)OCC)CCCOC1OCCCC(N=C(N)N)c1ccccc1. The summed E-state index contributed by atoms with van der Waals surface area (Å²) >= 11 is 0. The van der Waals surface area contributed by atoms with Gasteiger partial charge in [-0.3, -0.25) is 9.59 Å². The van der Waals surface area contributed by atoms with Crippen molar-refractivity contribution in [2.45, 2.75) is 51.9 Å². The normalized spacial score (nSPS) is 18.6. The third kappa shape index (κ3) is 6.41. The highest BCUT2D eigenvalue weighted by molar-refractivity contribution is 6.00. The standard InChI is InChI=1S/C22H33N3O6/c1-3-28-18(26)22(19(27)29-4-2)13-9-15-31-20(22)30-14-8-12-17(25-21(23)24)16-10-6-5-7-11-16/h5-7,10-11,17,20H,3-4,8-9,12-15H2,1-2H3,(H4,23,24,25). The van der Waals surface area contributed by atoms with Gasteiger partial charge in [0.25, 0.3) is 0 Å². The smallest absolute Gasteiger partial charge is 0.328 e. The van der Waals surface area contributed by atoms with Gasteiger partial charge >= 0.3 is 11.9 Å². The van der Waals surface area contributed by atoms with Crippen molar-refractivity contribution in [1.82, 2.24) is 0 Å². The van der Waals surface area contributed by atoms with Gasteiger partial charge in [0, 0.05) is 13.2 Å². The van der Waals surface area contributed by atoms with Gasteiger partial charge in [-0.05, 0) is 45.1 Å². The summed E-state index contributed by atoms with van der Waals surface area (Å²) in [5, 5.41) is 0. The topological polar surface area (TPSA) is 135 Å².